The Hall–Kier alpha value is -1.59. The van der Waals surface area contributed by atoms with Crippen LogP contribution < -0.4 is 16.2 Å². The van der Waals surface area contributed by atoms with E-state index in [1.54, 1.807) is 0 Å². The number of rotatable bonds is 6. The van der Waals surface area contributed by atoms with E-state index in [2.05, 4.69) is 4.90 Å². The van der Waals surface area contributed by atoms with E-state index in [1.807, 2.05) is 31.2 Å². The predicted molar refractivity (Wildman–Crippen MR) is 82.9 cm³/mol. The molecule has 1 aliphatic rings. The van der Waals surface area contributed by atoms with E-state index in [0.29, 0.717) is 6.61 Å². The Bertz CT molecular complexity index is 453. The second-order valence-electron chi connectivity index (χ2n) is 5.59. The van der Waals surface area contributed by atoms with Crippen molar-refractivity contribution in [1.29, 1.82) is 0 Å². The summed E-state index contributed by atoms with van der Waals surface area (Å²) < 4.78 is 5.43. The lowest BCUT2D eigenvalue weighted by Gasteiger charge is -2.32. The SMILES string of the molecule is CCOc1ccc(C(N)CN2CCC(C(N)=O)CC2)cc1. The number of nitrogens with zero attached hydrogens (tertiary/aromatic N) is 1. The molecule has 5 heteroatoms. The number of carbonyl (C=O) groups is 1. The van der Waals surface area contributed by atoms with E-state index in [9.17, 15) is 4.79 Å². The molecule has 1 unspecified atom stereocenters. The Kier molecular flexibility index (Phi) is 5.59. The predicted octanol–water partition coefficient (Wildman–Crippen LogP) is 1.28. The summed E-state index contributed by atoms with van der Waals surface area (Å²) in [5.41, 5.74) is 12.7. The number of hydrogen-bond acceptors (Lipinski definition) is 4. The molecule has 21 heavy (non-hydrogen) atoms. The monoisotopic (exact) mass is 291 g/mol. The molecule has 0 aromatic heterocycles. The summed E-state index contributed by atoms with van der Waals surface area (Å²) in [6.45, 7) is 5.21. The molecule has 0 bridgehead atoms. The highest BCUT2D eigenvalue weighted by atomic mass is 16.5. The molecule has 0 spiro atoms. The van der Waals surface area contributed by atoms with Gasteiger partial charge < -0.3 is 21.1 Å². The smallest absolute Gasteiger partial charge is 0.220 e. The molecule has 4 N–H and O–H groups in total. The van der Waals surface area contributed by atoms with E-state index in [-0.39, 0.29) is 17.9 Å². The average Bonchev–Trinajstić information content (AvgIpc) is 2.49. The highest BCUT2D eigenvalue weighted by molar-refractivity contribution is 5.76. The standard InChI is InChI=1S/C16H25N3O2/c1-2-21-14-5-3-12(4-6-14)15(17)11-19-9-7-13(8-10-19)16(18)20/h3-6,13,15H,2,7-11,17H2,1H3,(H2,18,20). The minimum absolute atomic E-state index is 0.0224. The molecule has 1 atom stereocenters. The molecule has 1 aromatic carbocycles. The van der Waals surface area contributed by atoms with Crippen LogP contribution in [-0.4, -0.2) is 37.0 Å². The molecule has 0 radical (unpaired) electrons. The largest absolute Gasteiger partial charge is 0.494 e. The summed E-state index contributed by atoms with van der Waals surface area (Å²) in [5.74, 6) is 0.726. The van der Waals surface area contributed by atoms with Gasteiger partial charge in [0.25, 0.3) is 0 Å². The molecule has 1 aliphatic heterocycles. The molecule has 116 valence electrons. The lowest BCUT2D eigenvalue weighted by atomic mass is 9.95. The van der Waals surface area contributed by atoms with E-state index in [4.69, 9.17) is 16.2 Å². The molecule has 1 saturated heterocycles. The zero-order valence-corrected chi connectivity index (χ0v) is 12.6. The number of benzene rings is 1. The van der Waals surface area contributed by atoms with Gasteiger partial charge in [-0.05, 0) is 50.6 Å². The Morgan fingerprint density at radius 1 is 1.33 bits per heavy atom. The first-order chi connectivity index (χ1) is 10.1. The van der Waals surface area contributed by atoms with Crippen LogP contribution in [0.3, 0.4) is 0 Å². The number of carbonyl (C=O) groups excluding carboxylic acids is 1. The fourth-order valence-corrected chi connectivity index (χ4v) is 2.76. The summed E-state index contributed by atoms with van der Waals surface area (Å²) in [6, 6.07) is 7.93. The number of nitrogens with two attached hydrogens (primary N) is 2. The molecule has 1 amide bonds. The van der Waals surface area contributed by atoms with Gasteiger partial charge in [0.1, 0.15) is 5.75 Å². The van der Waals surface area contributed by atoms with E-state index < -0.39 is 0 Å². The molecule has 5 nitrogen and oxygen atoms in total. The summed E-state index contributed by atoms with van der Waals surface area (Å²) in [5, 5.41) is 0. The molecule has 1 aromatic rings. The van der Waals surface area contributed by atoms with Crippen molar-refractivity contribution in [2.24, 2.45) is 17.4 Å². The van der Waals surface area contributed by atoms with E-state index >= 15 is 0 Å². The molecule has 1 heterocycles. The average molecular weight is 291 g/mol. The highest BCUT2D eigenvalue weighted by Gasteiger charge is 2.24. The number of hydrogen-bond donors (Lipinski definition) is 2. The molecule has 0 aliphatic carbocycles. The quantitative estimate of drug-likeness (QED) is 0.827. The third kappa shape index (κ3) is 4.44. The van der Waals surface area contributed by atoms with Crippen molar-refractivity contribution in [1.82, 2.24) is 4.90 Å². The third-order valence-electron chi connectivity index (χ3n) is 4.06. The van der Waals surface area contributed by atoms with Gasteiger partial charge in [0.05, 0.1) is 6.61 Å². The molecule has 2 rings (SSSR count). The number of amides is 1. The minimum atomic E-state index is -0.175. The number of piperidine rings is 1. The maximum absolute atomic E-state index is 11.2. The van der Waals surface area contributed by atoms with Crippen LogP contribution in [0.25, 0.3) is 0 Å². The summed E-state index contributed by atoms with van der Waals surface area (Å²) in [4.78, 5) is 13.5. The van der Waals surface area contributed by atoms with Crippen molar-refractivity contribution in [3.05, 3.63) is 29.8 Å². The minimum Gasteiger partial charge on any atom is -0.494 e. The van der Waals surface area contributed by atoms with Gasteiger partial charge in [-0.1, -0.05) is 12.1 Å². The normalized spacial score (nSPS) is 18.4. The zero-order valence-electron chi connectivity index (χ0n) is 12.6. The fourth-order valence-electron chi connectivity index (χ4n) is 2.76. The van der Waals surface area contributed by atoms with Crippen LogP contribution in [0.2, 0.25) is 0 Å². The van der Waals surface area contributed by atoms with Crippen LogP contribution in [0.15, 0.2) is 24.3 Å². The van der Waals surface area contributed by atoms with Gasteiger partial charge in [-0.15, -0.1) is 0 Å². The van der Waals surface area contributed by atoms with E-state index in [1.165, 1.54) is 0 Å². The molecular weight excluding hydrogens is 266 g/mol. The van der Waals surface area contributed by atoms with Crippen molar-refractivity contribution in [2.45, 2.75) is 25.8 Å². The fraction of sp³-hybridized carbons (Fsp3) is 0.562. The highest BCUT2D eigenvalue weighted by Crippen LogP contribution is 2.21. The van der Waals surface area contributed by atoms with Gasteiger partial charge in [-0.25, -0.2) is 0 Å². The van der Waals surface area contributed by atoms with Gasteiger partial charge in [0, 0.05) is 18.5 Å². The van der Waals surface area contributed by atoms with E-state index in [0.717, 1.165) is 43.8 Å². The summed E-state index contributed by atoms with van der Waals surface area (Å²) in [6.07, 6.45) is 1.68. The lowest BCUT2D eigenvalue weighted by Crippen LogP contribution is -2.41. The van der Waals surface area contributed by atoms with Gasteiger partial charge >= 0.3 is 0 Å². The number of primary amides is 1. The molecular formula is C16H25N3O2. The maximum Gasteiger partial charge on any atom is 0.220 e. The van der Waals surface area contributed by atoms with Crippen LogP contribution >= 0.6 is 0 Å². The van der Waals surface area contributed by atoms with Crippen molar-refractivity contribution in [3.8, 4) is 5.75 Å². The second kappa shape index (κ2) is 7.43. The van der Waals surface area contributed by atoms with Crippen LogP contribution in [0.4, 0.5) is 0 Å². The first-order valence-electron chi connectivity index (χ1n) is 7.60. The Balaban J connectivity index is 1.84. The van der Waals surface area contributed by atoms with Crippen LogP contribution in [-0.2, 0) is 4.79 Å². The molecule has 0 saturated carbocycles. The topological polar surface area (TPSA) is 81.6 Å². The summed E-state index contributed by atoms with van der Waals surface area (Å²) >= 11 is 0. The van der Waals surface area contributed by atoms with Crippen LogP contribution in [0, 0.1) is 5.92 Å². The van der Waals surface area contributed by atoms with Gasteiger partial charge in [0.2, 0.25) is 5.91 Å². The zero-order chi connectivity index (χ0) is 15.2. The van der Waals surface area contributed by atoms with Crippen molar-refractivity contribution in [2.75, 3.05) is 26.2 Å². The van der Waals surface area contributed by atoms with Crippen molar-refractivity contribution >= 4 is 5.91 Å². The van der Waals surface area contributed by atoms with Gasteiger partial charge in [-0.3, -0.25) is 4.79 Å². The third-order valence-corrected chi connectivity index (χ3v) is 4.06. The van der Waals surface area contributed by atoms with Gasteiger partial charge in [-0.2, -0.15) is 0 Å². The Morgan fingerprint density at radius 2 is 1.95 bits per heavy atom. The maximum atomic E-state index is 11.2. The summed E-state index contributed by atoms with van der Waals surface area (Å²) in [7, 11) is 0. The van der Waals surface area contributed by atoms with Crippen LogP contribution in [0.1, 0.15) is 31.4 Å². The van der Waals surface area contributed by atoms with Crippen molar-refractivity contribution in [3.63, 3.8) is 0 Å². The Morgan fingerprint density at radius 3 is 2.48 bits per heavy atom. The first kappa shape index (κ1) is 15.8. The number of ether oxygens (including phenoxy) is 1. The first-order valence-corrected chi connectivity index (χ1v) is 7.60. The van der Waals surface area contributed by atoms with Crippen molar-refractivity contribution < 1.29 is 9.53 Å². The Labute approximate surface area is 126 Å². The van der Waals surface area contributed by atoms with Crippen LogP contribution in [0.5, 0.6) is 5.75 Å². The number of likely N-dealkylation sites (tertiary alicyclic amines) is 1. The van der Waals surface area contributed by atoms with Gasteiger partial charge in [0.15, 0.2) is 0 Å². The molecule has 1 fully saturated rings. The second-order valence-corrected chi connectivity index (χ2v) is 5.59. The lowest BCUT2D eigenvalue weighted by molar-refractivity contribution is -0.123.